The summed E-state index contributed by atoms with van der Waals surface area (Å²) in [5.41, 5.74) is 3.25. The lowest BCUT2D eigenvalue weighted by Gasteiger charge is -2.36. The molecule has 40 heavy (non-hydrogen) atoms. The topological polar surface area (TPSA) is 95.1 Å². The standard InChI is InChI=1S/C30H39N7O3/c1-35(2)15-16-40-27-13-9-23(10-14-27)33-30(38)32-22-7-5-21(6-8-22)29-31-24(18-36(3)4)17-28(34-29)37-25-11-12-26(37)20-39-19-25/h5-10,13-14,17,25-26H,11-12,15-16,18-20H2,1-4H3,(H2,32,33,38). The van der Waals surface area contributed by atoms with E-state index in [0.717, 1.165) is 62.0 Å². The van der Waals surface area contributed by atoms with Crippen molar-refractivity contribution in [3.05, 3.63) is 60.3 Å². The quantitative estimate of drug-likeness (QED) is 0.392. The van der Waals surface area contributed by atoms with Crippen LogP contribution >= 0.6 is 0 Å². The lowest BCUT2D eigenvalue weighted by molar-refractivity contribution is 0.0902. The van der Waals surface area contributed by atoms with Crippen LogP contribution in [0.15, 0.2) is 54.6 Å². The first-order valence-corrected chi connectivity index (χ1v) is 13.8. The number of hydrogen-bond acceptors (Lipinski definition) is 8. The zero-order chi connectivity index (χ0) is 28.1. The molecule has 5 rings (SSSR count). The Morgan fingerprint density at radius 1 is 0.925 bits per heavy atom. The molecule has 1 aromatic heterocycles. The molecule has 3 heterocycles. The monoisotopic (exact) mass is 545 g/mol. The summed E-state index contributed by atoms with van der Waals surface area (Å²) in [6.07, 6.45) is 2.26. The predicted octanol–water partition coefficient (Wildman–Crippen LogP) is 4.16. The number of benzene rings is 2. The third kappa shape index (κ3) is 7.07. The molecule has 3 aromatic rings. The Bertz CT molecular complexity index is 1270. The first-order valence-electron chi connectivity index (χ1n) is 13.8. The maximum absolute atomic E-state index is 12.6. The highest BCUT2D eigenvalue weighted by atomic mass is 16.5. The van der Waals surface area contributed by atoms with Crippen LogP contribution in [0.25, 0.3) is 11.4 Å². The van der Waals surface area contributed by atoms with Crippen LogP contribution in [0.2, 0.25) is 0 Å². The zero-order valence-corrected chi connectivity index (χ0v) is 23.8. The summed E-state index contributed by atoms with van der Waals surface area (Å²) in [7, 11) is 8.09. The number of fused-ring (bicyclic) bond motifs is 2. The van der Waals surface area contributed by atoms with Gasteiger partial charge in [0.15, 0.2) is 5.82 Å². The molecule has 2 aliphatic rings. The van der Waals surface area contributed by atoms with Crippen molar-refractivity contribution in [3.8, 4) is 17.1 Å². The molecule has 0 radical (unpaired) electrons. The number of aromatic nitrogens is 2. The van der Waals surface area contributed by atoms with Crippen molar-refractivity contribution < 1.29 is 14.3 Å². The van der Waals surface area contributed by atoms with Gasteiger partial charge >= 0.3 is 6.03 Å². The molecule has 2 fully saturated rings. The molecule has 2 aromatic carbocycles. The Balaban J connectivity index is 1.24. The smallest absolute Gasteiger partial charge is 0.323 e. The van der Waals surface area contributed by atoms with Gasteiger partial charge in [0, 0.05) is 36.1 Å². The van der Waals surface area contributed by atoms with E-state index in [1.165, 1.54) is 0 Å². The Kier molecular flexibility index (Phi) is 8.78. The molecule has 0 aliphatic carbocycles. The average molecular weight is 546 g/mol. The normalized spacial score (nSPS) is 18.3. The number of carbonyl (C=O) groups is 1. The number of carbonyl (C=O) groups excluding carboxylic acids is 1. The molecule has 2 saturated heterocycles. The Labute approximate surface area is 236 Å². The molecule has 0 spiro atoms. The fourth-order valence-electron chi connectivity index (χ4n) is 5.13. The van der Waals surface area contributed by atoms with E-state index in [0.29, 0.717) is 35.9 Å². The summed E-state index contributed by atoms with van der Waals surface area (Å²) in [5, 5.41) is 5.76. The van der Waals surface area contributed by atoms with Crippen LogP contribution < -0.4 is 20.3 Å². The number of urea groups is 1. The van der Waals surface area contributed by atoms with Crippen molar-refractivity contribution >= 4 is 23.2 Å². The van der Waals surface area contributed by atoms with Crippen molar-refractivity contribution in [2.75, 3.05) is 70.1 Å². The predicted molar refractivity (Wildman–Crippen MR) is 158 cm³/mol. The summed E-state index contributed by atoms with van der Waals surface area (Å²) in [6, 6.07) is 17.5. The number of amides is 2. The zero-order valence-electron chi connectivity index (χ0n) is 23.8. The van der Waals surface area contributed by atoms with Crippen LogP contribution in [-0.4, -0.2) is 92.4 Å². The number of nitrogens with one attached hydrogen (secondary N) is 2. The largest absolute Gasteiger partial charge is 0.492 e. The molecular formula is C30H39N7O3. The van der Waals surface area contributed by atoms with Gasteiger partial charge in [0.25, 0.3) is 0 Å². The van der Waals surface area contributed by atoms with Gasteiger partial charge in [-0.1, -0.05) is 0 Å². The fourth-order valence-corrected chi connectivity index (χ4v) is 5.13. The lowest BCUT2D eigenvalue weighted by atomic mass is 10.1. The van der Waals surface area contributed by atoms with E-state index in [2.05, 4.69) is 31.4 Å². The average Bonchev–Trinajstić information content (AvgIpc) is 3.17. The van der Waals surface area contributed by atoms with Crippen LogP contribution in [0.5, 0.6) is 5.75 Å². The van der Waals surface area contributed by atoms with E-state index in [-0.39, 0.29) is 6.03 Å². The Morgan fingerprint density at radius 3 is 2.15 bits per heavy atom. The van der Waals surface area contributed by atoms with Gasteiger partial charge in [0.1, 0.15) is 18.2 Å². The third-order valence-electron chi connectivity index (χ3n) is 7.07. The minimum Gasteiger partial charge on any atom is -0.492 e. The Morgan fingerprint density at radius 2 is 1.55 bits per heavy atom. The number of nitrogens with zero attached hydrogens (tertiary/aromatic N) is 5. The number of ether oxygens (including phenoxy) is 2. The van der Waals surface area contributed by atoms with E-state index in [1.54, 1.807) is 0 Å². The van der Waals surface area contributed by atoms with Crippen LogP contribution in [0.1, 0.15) is 18.5 Å². The lowest BCUT2D eigenvalue weighted by Crippen LogP contribution is -2.46. The molecule has 2 bridgehead atoms. The number of hydrogen-bond donors (Lipinski definition) is 2. The van der Waals surface area contributed by atoms with Crippen molar-refractivity contribution in [1.82, 2.24) is 19.8 Å². The van der Waals surface area contributed by atoms with Crippen molar-refractivity contribution in [3.63, 3.8) is 0 Å². The summed E-state index contributed by atoms with van der Waals surface area (Å²) >= 11 is 0. The molecule has 2 N–H and O–H groups in total. The van der Waals surface area contributed by atoms with Gasteiger partial charge in [-0.25, -0.2) is 14.8 Å². The Hall–Kier alpha value is -3.73. The van der Waals surface area contributed by atoms with Gasteiger partial charge in [0.05, 0.1) is 31.0 Å². The third-order valence-corrected chi connectivity index (χ3v) is 7.07. The second-order valence-corrected chi connectivity index (χ2v) is 10.9. The number of anilines is 3. The molecule has 2 aliphatic heterocycles. The van der Waals surface area contributed by atoms with E-state index >= 15 is 0 Å². The van der Waals surface area contributed by atoms with Gasteiger partial charge in [-0.2, -0.15) is 0 Å². The highest BCUT2D eigenvalue weighted by Crippen LogP contribution is 2.34. The summed E-state index contributed by atoms with van der Waals surface area (Å²) < 4.78 is 11.5. The first kappa shape index (κ1) is 27.8. The number of rotatable bonds is 10. The molecule has 2 unspecified atom stereocenters. The summed E-state index contributed by atoms with van der Waals surface area (Å²) in [5.74, 6) is 2.42. The molecular weight excluding hydrogens is 506 g/mol. The molecule has 212 valence electrons. The van der Waals surface area contributed by atoms with Gasteiger partial charge < -0.3 is 34.8 Å². The second kappa shape index (κ2) is 12.6. The van der Waals surface area contributed by atoms with Gasteiger partial charge in [-0.15, -0.1) is 0 Å². The minimum absolute atomic E-state index is 0.316. The van der Waals surface area contributed by atoms with Crippen LogP contribution in [0.4, 0.5) is 22.0 Å². The maximum atomic E-state index is 12.6. The van der Waals surface area contributed by atoms with E-state index in [4.69, 9.17) is 19.4 Å². The van der Waals surface area contributed by atoms with Gasteiger partial charge in [-0.05, 0) is 89.6 Å². The van der Waals surface area contributed by atoms with E-state index in [1.807, 2.05) is 76.7 Å². The molecule has 0 saturated carbocycles. The van der Waals surface area contributed by atoms with E-state index in [9.17, 15) is 4.79 Å². The summed E-state index contributed by atoms with van der Waals surface area (Å²) in [6.45, 7) is 3.67. The van der Waals surface area contributed by atoms with Crippen molar-refractivity contribution in [2.45, 2.75) is 31.5 Å². The molecule has 2 atom stereocenters. The van der Waals surface area contributed by atoms with E-state index < -0.39 is 0 Å². The molecule has 10 nitrogen and oxygen atoms in total. The van der Waals surface area contributed by atoms with Crippen molar-refractivity contribution in [2.24, 2.45) is 0 Å². The first-order chi connectivity index (χ1) is 19.3. The fraction of sp³-hybridized carbons (Fsp3) is 0.433. The highest BCUT2D eigenvalue weighted by Gasteiger charge is 2.38. The number of likely N-dealkylation sites (N-methyl/N-ethyl adjacent to an activating group) is 1. The van der Waals surface area contributed by atoms with Crippen LogP contribution in [0, 0.1) is 0 Å². The minimum atomic E-state index is -0.316. The second-order valence-electron chi connectivity index (χ2n) is 10.9. The molecule has 10 heteroatoms. The van der Waals surface area contributed by atoms with Crippen molar-refractivity contribution in [1.29, 1.82) is 0 Å². The highest BCUT2D eigenvalue weighted by molar-refractivity contribution is 5.99. The molecule has 2 amide bonds. The van der Waals surface area contributed by atoms with Crippen LogP contribution in [-0.2, 0) is 11.3 Å². The van der Waals surface area contributed by atoms with Gasteiger partial charge in [0.2, 0.25) is 0 Å². The van der Waals surface area contributed by atoms with Crippen LogP contribution in [0.3, 0.4) is 0 Å². The van der Waals surface area contributed by atoms with Gasteiger partial charge in [-0.3, -0.25) is 0 Å². The number of morpholine rings is 1. The SMILES string of the molecule is CN(C)CCOc1ccc(NC(=O)Nc2ccc(-c3nc(CN(C)C)cc(N4C5CCC4COC5)n3)cc2)cc1. The summed E-state index contributed by atoms with van der Waals surface area (Å²) in [4.78, 5) is 29.1. The maximum Gasteiger partial charge on any atom is 0.323 e.